The molecule has 11 nitrogen and oxygen atoms in total. The topological polar surface area (TPSA) is 142 Å². The van der Waals surface area contributed by atoms with E-state index in [2.05, 4.69) is 33.1 Å². The number of nitrogens with zero attached hydrogens (tertiary/aromatic N) is 2. The Hall–Kier alpha value is -2.90. The Balaban J connectivity index is 1.26. The standard InChI is InChI=1S/C32H47N5O6S/c1-21-28(44-20-35-21)23-7-5-22(6-8-23)9-14-34-30(40)26-17-24(38)18-37(26)31(41)29(32(2,3)4)36-27(39)19-42-15-16-43-25-10-12-33-13-11-25/h5-8,20,24-26,29,33,38H,9-19H2,1-4H3,(H,34,40)(H,36,39)/t24-,26-,29+/m0/s1. The van der Waals surface area contributed by atoms with Crippen molar-refractivity contribution in [2.45, 2.75) is 77.7 Å². The quantitative estimate of drug-likeness (QED) is 0.247. The first kappa shape index (κ1) is 34.0. The van der Waals surface area contributed by atoms with Crippen molar-refractivity contribution >= 4 is 29.1 Å². The molecule has 4 N–H and O–H groups in total. The number of aromatic nitrogens is 1. The summed E-state index contributed by atoms with van der Waals surface area (Å²) in [5.74, 6) is -1.13. The van der Waals surface area contributed by atoms with Gasteiger partial charge >= 0.3 is 0 Å². The highest BCUT2D eigenvalue weighted by molar-refractivity contribution is 7.13. The number of carbonyl (C=O) groups excluding carboxylic acids is 3. The van der Waals surface area contributed by atoms with E-state index < -0.39 is 35.4 Å². The molecule has 0 unspecified atom stereocenters. The molecule has 3 amide bonds. The predicted molar refractivity (Wildman–Crippen MR) is 169 cm³/mol. The van der Waals surface area contributed by atoms with Gasteiger partial charge in [0.1, 0.15) is 18.7 Å². The van der Waals surface area contributed by atoms with E-state index in [1.54, 1.807) is 11.3 Å². The second-order valence-electron chi connectivity index (χ2n) is 12.6. The smallest absolute Gasteiger partial charge is 0.246 e. The van der Waals surface area contributed by atoms with E-state index >= 15 is 0 Å². The number of β-amino-alcohol motifs (C(OH)–C–C–N with tert-alkyl or cyclic N) is 1. The largest absolute Gasteiger partial charge is 0.391 e. The van der Waals surface area contributed by atoms with E-state index in [0.29, 0.717) is 19.6 Å². The van der Waals surface area contributed by atoms with Gasteiger partial charge in [-0.1, -0.05) is 45.0 Å². The van der Waals surface area contributed by atoms with Crippen molar-refractivity contribution in [3.8, 4) is 10.4 Å². The first-order valence-corrected chi connectivity index (χ1v) is 16.4. The number of ether oxygens (including phenoxy) is 2. The van der Waals surface area contributed by atoms with Crippen LogP contribution in [-0.2, 0) is 30.3 Å². The molecule has 0 radical (unpaired) electrons. The van der Waals surface area contributed by atoms with Crippen LogP contribution >= 0.6 is 11.3 Å². The van der Waals surface area contributed by atoms with Gasteiger partial charge in [-0.3, -0.25) is 14.4 Å². The summed E-state index contributed by atoms with van der Waals surface area (Å²) in [5.41, 5.74) is 4.39. The van der Waals surface area contributed by atoms with Crippen LogP contribution in [0.5, 0.6) is 0 Å². The Morgan fingerprint density at radius 3 is 2.55 bits per heavy atom. The van der Waals surface area contributed by atoms with Crippen molar-refractivity contribution in [1.29, 1.82) is 0 Å². The minimum absolute atomic E-state index is 0.0301. The number of hydrogen-bond donors (Lipinski definition) is 4. The van der Waals surface area contributed by atoms with E-state index in [-0.39, 0.29) is 38.2 Å². The third-order valence-corrected chi connectivity index (χ3v) is 9.04. The molecule has 0 spiro atoms. The molecule has 2 aromatic rings. The highest BCUT2D eigenvalue weighted by atomic mass is 32.1. The highest BCUT2D eigenvalue weighted by Crippen LogP contribution is 2.28. The Kier molecular flexibility index (Phi) is 12.3. The number of likely N-dealkylation sites (tertiary alicyclic amines) is 1. The Morgan fingerprint density at radius 2 is 1.89 bits per heavy atom. The molecule has 2 fully saturated rings. The second-order valence-corrected chi connectivity index (χ2v) is 13.5. The van der Waals surface area contributed by atoms with Crippen LogP contribution in [0.1, 0.15) is 51.3 Å². The molecule has 2 aliphatic heterocycles. The molecule has 2 aliphatic rings. The molecule has 242 valence electrons. The van der Waals surface area contributed by atoms with E-state index in [1.165, 1.54) is 4.90 Å². The zero-order valence-corrected chi connectivity index (χ0v) is 27.1. The molecule has 12 heteroatoms. The third-order valence-electron chi connectivity index (χ3n) is 8.06. The van der Waals surface area contributed by atoms with Gasteiger partial charge in [-0.2, -0.15) is 0 Å². The fourth-order valence-electron chi connectivity index (χ4n) is 5.57. The summed E-state index contributed by atoms with van der Waals surface area (Å²) < 4.78 is 11.3. The van der Waals surface area contributed by atoms with Gasteiger partial charge in [0.05, 0.1) is 41.5 Å². The minimum Gasteiger partial charge on any atom is -0.391 e. The lowest BCUT2D eigenvalue weighted by Gasteiger charge is -2.35. The molecular weight excluding hydrogens is 582 g/mol. The maximum Gasteiger partial charge on any atom is 0.246 e. The number of nitrogens with one attached hydrogen (secondary N) is 3. The summed E-state index contributed by atoms with van der Waals surface area (Å²) in [6.07, 6.45) is 2.08. The number of aliphatic hydroxyl groups is 1. The molecule has 1 aromatic carbocycles. The number of rotatable bonds is 13. The summed E-state index contributed by atoms with van der Waals surface area (Å²) in [5, 5.41) is 19.5. The Labute approximate surface area is 264 Å². The number of amides is 3. The monoisotopic (exact) mass is 629 g/mol. The lowest BCUT2D eigenvalue weighted by atomic mass is 9.85. The van der Waals surface area contributed by atoms with Crippen molar-refractivity contribution in [1.82, 2.24) is 25.8 Å². The maximum absolute atomic E-state index is 13.7. The summed E-state index contributed by atoms with van der Waals surface area (Å²) in [6.45, 7) is 10.3. The molecule has 44 heavy (non-hydrogen) atoms. The lowest BCUT2D eigenvalue weighted by Crippen LogP contribution is -2.58. The van der Waals surface area contributed by atoms with Crippen molar-refractivity contribution in [3.63, 3.8) is 0 Å². The van der Waals surface area contributed by atoms with Gasteiger partial charge < -0.3 is 35.4 Å². The number of aryl methyl sites for hydroxylation is 1. The van der Waals surface area contributed by atoms with Crippen molar-refractivity contribution < 1.29 is 29.0 Å². The Morgan fingerprint density at radius 1 is 1.16 bits per heavy atom. The van der Waals surface area contributed by atoms with Crippen LogP contribution in [0.2, 0.25) is 0 Å². The maximum atomic E-state index is 13.7. The average Bonchev–Trinajstić information content (AvgIpc) is 3.61. The predicted octanol–water partition coefficient (Wildman–Crippen LogP) is 2.06. The van der Waals surface area contributed by atoms with Crippen LogP contribution in [0, 0.1) is 12.3 Å². The SMILES string of the molecule is Cc1ncsc1-c1ccc(CCNC(=O)[C@@H]2C[C@H](O)CN2C(=O)[C@@H](NC(=O)COCCOC2CCNCC2)C(C)(C)C)cc1. The third kappa shape index (κ3) is 9.55. The van der Waals surface area contributed by atoms with E-state index in [0.717, 1.165) is 47.6 Å². The number of piperidine rings is 1. The fourth-order valence-corrected chi connectivity index (χ4v) is 6.38. The van der Waals surface area contributed by atoms with E-state index in [4.69, 9.17) is 9.47 Å². The number of benzene rings is 1. The van der Waals surface area contributed by atoms with Crippen LogP contribution in [0.25, 0.3) is 10.4 Å². The summed E-state index contributed by atoms with van der Waals surface area (Å²) >= 11 is 1.61. The second kappa shape index (κ2) is 15.9. The lowest BCUT2D eigenvalue weighted by molar-refractivity contribution is -0.144. The van der Waals surface area contributed by atoms with Crippen molar-refractivity contribution in [2.24, 2.45) is 5.41 Å². The highest BCUT2D eigenvalue weighted by Gasteiger charge is 2.44. The zero-order valence-electron chi connectivity index (χ0n) is 26.3. The normalized spacial score (nSPS) is 20.0. The summed E-state index contributed by atoms with van der Waals surface area (Å²) in [4.78, 5) is 46.6. The number of thiazole rings is 1. The molecule has 1 aromatic heterocycles. The minimum atomic E-state index is -0.897. The molecule has 3 heterocycles. The van der Waals surface area contributed by atoms with Gasteiger partial charge in [0.2, 0.25) is 17.7 Å². The average molecular weight is 630 g/mol. The van der Waals surface area contributed by atoms with Crippen LogP contribution in [0.4, 0.5) is 0 Å². The van der Waals surface area contributed by atoms with Crippen molar-refractivity contribution in [3.05, 3.63) is 41.0 Å². The van der Waals surface area contributed by atoms with Gasteiger partial charge in [-0.15, -0.1) is 11.3 Å². The number of hydrogen-bond acceptors (Lipinski definition) is 9. The molecule has 3 atom stereocenters. The first-order valence-electron chi connectivity index (χ1n) is 15.5. The molecule has 0 saturated carbocycles. The van der Waals surface area contributed by atoms with Gasteiger partial charge in [0, 0.05) is 19.5 Å². The van der Waals surface area contributed by atoms with E-state index in [1.807, 2.05) is 45.3 Å². The molecular formula is C32H47N5O6S. The fraction of sp³-hybridized carbons (Fsp3) is 0.625. The molecule has 4 rings (SSSR count). The van der Waals surface area contributed by atoms with Crippen LogP contribution < -0.4 is 16.0 Å². The zero-order chi connectivity index (χ0) is 31.7. The molecule has 0 bridgehead atoms. The number of carbonyl (C=O) groups is 3. The van der Waals surface area contributed by atoms with Crippen LogP contribution in [-0.4, -0.2) is 103 Å². The van der Waals surface area contributed by atoms with Gasteiger partial charge in [0.25, 0.3) is 0 Å². The van der Waals surface area contributed by atoms with Gasteiger partial charge in [-0.05, 0) is 55.8 Å². The first-order chi connectivity index (χ1) is 21.0. The van der Waals surface area contributed by atoms with Gasteiger partial charge in [-0.25, -0.2) is 4.98 Å². The summed E-state index contributed by atoms with van der Waals surface area (Å²) in [6, 6.07) is 6.47. The molecule has 2 saturated heterocycles. The Bertz CT molecular complexity index is 1240. The van der Waals surface area contributed by atoms with Gasteiger partial charge in [0.15, 0.2) is 0 Å². The van der Waals surface area contributed by atoms with Crippen LogP contribution in [0.3, 0.4) is 0 Å². The molecule has 0 aliphatic carbocycles. The van der Waals surface area contributed by atoms with Crippen molar-refractivity contribution in [2.75, 3.05) is 46.0 Å². The number of aliphatic hydroxyl groups excluding tert-OH is 1. The summed E-state index contributed by atoms with van der Waals surface area (Å²) in [7, 11) is 0. The van der Waals surface area contributed by atoms with E-state index in [9.17, 15) is 19.5 Å². The van der Waals surface area contributed by atoms with Crippen LogP contribution in [0.15, 0.2) is 29.8 Å².